The topological polar surface area (TPSA) is 95.4 Å². The molecule has 0 aliphatic carbocycles. The first kappa shape index (κ1) is 13.9. The first-order chi connectivity index (χ1) is 9.97. The number of nitrogen functional groups attached to an aromatic ring is 1. The summed E-state index contributed by atoms with van der Waals surface area (Å²) in [4.78, 5) is 12.7. The van der Waals surface area contributed by atoms with Crippen LogP contribution >= 0.6 is 15.9 Å². The summed E-state index contributed by atoms with van der Waals surface area (Å²) in [5.41, 5.74) is 11.4. The summed E-state index contributed by atoms with van der Waals surface area (Å²) in [5, 5.41) is 8.21. The van der Waals surface area contributed by atoms with Gasteiger partial charge in [-0.25, -0.2) is 9.67 Å². The Bertz CT molecular complexity index is 840. The van der Waals surface area contributed by atoms with Gasteiger partial charge in [0.15, 0.2) is 11.2 Å². The molecule has 0 saturated carbocycles. The molecule has 3 heterocycles. The fourth-order valence-electron chi connectivity index (χ4n) is 2.13. The Kier molecular flexibility index (Phi) is 3.32. The van der Waals surface area contributed by atoms with Gasteiger partial charge < -0.3 is 5.73 Å². The van der Waals surface area contributed by atoms with Gasteiger partial charge in [-0.3, -0.25) is 4.98 Å². The van der Waals surface area contributed by atoms with Gasteiger partial charge in [-0.1, -0.05) is 5.21 Å². The van der Waals surface area contributed by atoms with Crippen LogP contribution in [0, 0.1) is 20.8 Å². The largest absolute Gasteiger partial charge is 0.368 e. The van der Waals surface area contributed by atoms with Gasteiger partial charge >= 0.3 is 0 Å². The minimum atomic E-state index is 0.183. The summed E-state index contributed by atoms with van der Waals surface area (Å²) in [6, 6.07) is 0. The molecule has 0 amide bonds. The van der Waals surface area contributed by atoms with Crippen LogP contribution in [-0.4, -0.2) is 29.9 Å². The zero-order valence-corrected chi connectivity index (χ0v) is 13.5. The van der Waals surface area contributed by atoms with Crippen molar-refractivity contribution in [2.24, 2.45) is 0 Å². The fraction of sp³-hybridized carbons (Fsp3) is 0.308. The maximum Gasteiger partial charge on any atom is 0.223 e. The molecule has 0 aliphatic heterocycles. The predicted molar refractivity (Wildman–Crippen MR) is 82.8 cm³/mol. The highest BCUT2D eigenvalue weighted by Crippen LogP contribution is 2.21. The van der Waals surface area contributed by atoms with Crippen molar-refractivity contribution >= 4 is 33.0 Å². The smallest absolute Gasteiger partial charge is 0.223 e. The highest BCUT2D eigenvalue weighted by Gasteiger charge is 2.14. The Hall–Kier alpha value is -2.09. The van der Waals surface area contributed by atoms with E-state index >= 15 is 0 Å². The van der Waals surface area contributed by atoms with Crippen LogP contribution in [0.4, 0.5) is 5.95 Å². The molecule has 0 saturated heterocycles. The van der Waals surface area contributed by atoms with Crippen molar-refractivity contribution < 1.29 is 0 Å². The van der Waals surface area contributed by atoms with Crippen LogP contribution in [0.1, 0.15) is 22.4 Å². The zero-order chi connectivity index (χ0) is 15.1. The minimum absolute atomic E-state index is 0.183. The molecule has 21 heavy (non-hydrogen) atoms. The van der Waals surface area contributed by atoms with Crippen LogP contribution in [0.15, 0.2) is 10.8 Å². The average Bonchev–Trinajstić information content (AvgIpc) is 2.83. The SMILES string of the molecule is Cc1cnc(Cn2nnc3c(Br)nc(N)nc32)c(C)c1C. The number of nitrogens with two attached hydrogens (primary N) is 1. The molecule has 108 valence electrons. The molecule has 0 aromatic carbocycles. The van der Waals surface area contributed by atoms with Crippen LogP contribution in [0.3, 0.4) is 0 Å². The van der Waals surface area contributed by atoms with Gasteiger partial charge in [-0.05, 0) is 53.4 Å². The van der Waals surface area contributed by atoms with Gasteiger partial charge in [0, 0.05) is 6.20 Å². The van der Waals surface area contributed by atoms with Gasteiger partial charge in [0.05, 0.1) is 12.2 Å². The first-order valence-corrected chi connectivity index (χ1v) is 7.20. The molecule has 7 nitrogen and oxygen atoms in total. The van der Waals surface area contributed by atoms with E-state index in [1.165, 1.54) is 11.1 Å². The highest BCUT2D eigenvalue weighted by atomic mass is 79.9. The number of rotatable bonds is 2. The van der Waals surface area contributed by atoms with Crippen LogP contribution in [0.5, 0.6) is 0 Å². The lowest BCUT2D eigenvalue weighted by Crippen LogP contribution is -2.08. The number of nitrogens with zero attached hydrogens (tertiary/aromatic N) is 6. The van der Waals surface area contributed by atoms with Crippen molar-refractivity contribution in [2.75, 3.05) is 5.73 Å². The third-order valence-corrected chi connectivity index (χ3v) is 4.19. The van der Waals surface area contributed by atoms with Crippen LogP contribution in [0.2, 0.25) is 0 Å². The molecular weight excluding hydrogens is 334 g/mol. The lowest BCUT2D eigenvalue weighted by molar-refractivity contribution is 0.649. The number of halogens is 1. The Morgan fingerprint density at radius 1 is 1.19 bits per heavy atom. The van der Waals surface area contributed by atoms with E-state index in [1.54, 1.807) is 4.68 Å². The van der Waals surface area contributed by atoms with E-state index in [2.05, 4.69) is 62.0 Å². The van der Waals surface area contributed by atoms with Gasteiger partial charge in [0.25, 0.3) is 0 Å². The normalized spacial score (nSPS) is 11.2. The monoisotopic (exact) mass is 347 g/mol. The second-order valence-electron chi connectivity index (χ2n) is 4.93. The minimum Gasteiger partial charge on any atom is -0.368 e. The lowest BCUT2D eigenvalue weighted by atomic mass is 10.1. The van der Waals surface area contributed by atoms with E-state index in [1.807, 2.05) is 6.20 Å². The van der Waals surface area contributed by atoms with Crippen LogP contribution in [0.25, 0.3) is 11.2 Å². The van der Waals surface area contributed by atoms with Crippen molar-refractivity contribution in [3.8, 4) is 0 Å². The summed E-state index contributed by atoms with van der Waals surface area (Å²) in [5.74, 6) is 0.183. The molecule has 0 atom stereocenters. The van der Waals surface area contributed by atoms with Crippen LogP contribution in [-0.2, 0) is 6.54 Å². The third-order valence-electron chi connectivity index (χ3n) is 3.64. The second kappa shape index (κ2) is 5.03. The average molecular weight is 348 g/mol. The standard InChI is InChI=1S/C13H14BrN7/c1-6-4-16-9(8(3)7(6)2)5-21-12-10(19-20-21)11(14)17-13(15)18-12/h4H,5H2,1-3H3,(H2,15,17,18). The summed E-state index contributed by atoms with van der Waals surface area (Å²) in [6.45, 7) is 6.69. The van der Waals surface area contributed by atoms with Gasteiger partial charge in [-0.15, -0.1) is 5.10 Å². The predicted octanol–water partition coefficient (Wildman–Crippen LogP) is 1.93. The zero-order valence-electron chi connectivity index (χ0n) is 11.9. The first-order valence-electron chi connectivity index (χ1n) is 6.41. The van der Waals surface area contributed by atoms with E-state index in [-0.39, 0.29) is 5.95 Å². The molecule has 2 N–H and O–H groups in total. The van der Waals surface area contributed by atoms with Crippen molar-refractivity contribution in [3.05, 3.63) is 33.2 Å². The number of fused-ring (bicyclic) bond motifs is 1. The molecule has 3 aromatic rings. The molecule has 3 rings (SSSR count). The molecule has 0 unspecified atom stereocenters. The summed E-state index contributed by atoms with van der Waals surface area (Å²) >= 11 is 3.32. The van der Waals surface area contributed by atoms with Crippen molar-refractivity contribution in [1.29, 1.82) is 0 Å². The molecule has 0 fully saturated rings. The Balaban J connectivity index is 2.09. The Morgan fingerprint density at radius 2 is 1.95 bits per heavy atom. The summed E-state index contributed by atoms with van der Waals surface area (Å²) in [6.07, 6.45) is 1.87. The Labute approximate surface area is 129 Å². The van der Waals surface area contributed by atoms with E-state index < -0.39 is 0 Å². The summed E-state index contributed by atoms with van der Waals surface area (Å²) in [7, 11) is 0. The van der Waals surface area contributed by atoms with E-state index in [0.717, 1.165) is 11.3 Å². The number of aryl methyl sites for hydroxylation is 1. The number of hydrogen-bond acceptors (Lipinski definition) is 6. The van der Waals surface area contributed by atoms with E-state index in [9.17, 15) is 0 Å². The maximum absolute atomic E-state index is 5.68. The van der Waals surface area contributed by atoms with E-state index in [4.69, 9.17) is 5.73 Å². The highest BCUT2D eigenvalue weighted by molar-refractivity contribution is 9.10. The number of aromatic nitrogens is 6. The Morgan fingerprint density at radius 3 is 2.71 bits per heavy atom. The van der Waals surface area contributed by atoms with Crippen molar-refractivity contribution in [3.63, 3.8) is 0 Å². The van der Waals surface area contributed by atoms with E-state index in [0.29, 0.717) is 22.3 Å². The number of pyridine rings is 1. The summed E-state index contributed by atoms with van der Waals surface area (Å²) < 4.78 is 2.23. The molecule has 0 aliphatic rings. The molecule has 3 aromatic heterocycles. The number of hydrogen-bond donors (Lipinski definition) is 1. The molecule has 8 heteroatoms. The van der Waals surface area contributed by atoms with Crippen molar-refractivity contribution in [2.45, 2.75) is 27.3 Å². The molecular formula is C13H14BrN7. The lowest BCUT2D eigenvalue weighted by Gasteiger charge is -2.10. The molecule has 0 radical (unpaired) electrons. The van der Waals surface area contributed by atoms with Crippen LogP contribution < -0.4 is 5.73 Å². The number of anilines is 1. The second-order valence-corrected chi connectivity index (χ2v) is 5.68. The third kappa shape index (κ3) is 2.35. The van der Waals surface area contributed by atoms with Crippen molar-refractivity contribution in [1.82, 2.24) is 29.9 Å². The van der Waals surface area contributed by atoms with Gasteiger partial charge in [0.1, 0.15) is 4.60 Å². The maximum atomic E-state index is 5.68. The molecule has 0 bridgehead atoms. The molecule has 0 spiro atoms. The quantitative estimate of drug-likeness (QED) is 0.711. The van der Waals surface area contributed by atoms with Gasteiger partial charge in [0.2, 0.25) is 5.95 Å². The van der Waals surface area contributed by atoms with Gasteiger partial charge in [-0.2, -0.15) is 4.98 Å². The fourth-order valence-corrected chi connectivity index (χ4v) is 2.57.